The molecule has 1 fully saturated rings. The molecule has 0 aromatic carbocycles. The third-order valence-electron chi connectivity index (χ3n) is 3.36. The third-order valence-corrected chi connectivity index (χ3v) is 4.49. The zero-order valence-corrected chi connectivity index (χ0v) is 12.0. The Morgan fingerprint density at radius 1 is 1.47 bits per heavy atom. The molecule has 6 nitrogen and oxygen atoms in total. The minimum absolute atomic E-state index is 0.521. The fraction of sp³-hybridized carbons (Fsp3) is 0.583. The van der Waals surface area contributed by atoms with Crippen LogP contribution in [0.15, 0.2) is 6.20 Å². The molecule has 7 heteroatoms. The molecule has 0 radical (unpaired) electrons. The number of nitrogen functional groups attached to an aromatic ring is 1. The molecule has 1 aliphatic rings. The summed E-state index contributed by atoms with van der Waals surface area (Å²) in [6, 6.07) is 0. The van der Waals surface area contributed by atoms with Crippen molar-refractivity contribution in [3.63, 3.8) is 0 Å². The van der Waals surface area contributed by atoms with Crippen LogP contribution < -0.4 is 5.73 Å². The molecule has 1 saturated heterocycles. The Labute approximate surface area is 116 Å². The predicted octanol–water partition coefficient (Wildman–Crippen LogP) is 0.883. The van der Waals surface area contributed by atoms with E-state index in [1.54, 1.807) is 10.9 Å². The van der Waals surface area contributed by atoms with E-state index in [0.717, 1.165) is 36.5 Å². The van der Waals surface area contributed by atoms with Crippen LogP contribution in [-0.4, -0.2) is 48.7 Å². The highest BCUT2D eigenvalue weighted by atomic mass is 32.2. The molecule has 2 N–H and O–H groups in total. The van der Waals surface area contributed by atoms with Crippen LogP contribution in [0.3, 0.4) is 0 Å². The Bertz CT molecular complexity index is 595. The number of rotatable bonds is 2. The van der Waals surface area contributed by atoms with Gasteiger partial charge in [-0.1, -0.05) is 6.92 Å². The summed E-state index contributed by atoms with van der Waals surface area (Å²) in [4.78, 5) is 11.4. The van der Waals surface area contributed by atoms with Gasteiger partial charge in [0.1, 0.15) is 11.6 Å². The van der Waals surface area contributed by atoms with E-state index in [9.17, 15) is 0 Å². The first-order valence-corrected chi connectivity index (χ1v) is 7.46. The van der Waals surface area contributed by atoms with Gasteiger partial charge in [-0.3, -0.25) is 9.58 Å². The van der Waals surface area contributed by atoms with Gasteiger partial charge in [-0.15, -0.1) is 0 Å². The average molecular weight is 278 g/mol. The van der Waals surface area contributed by atoms with Crippen molar-refractivity contribution < 1.29 is 0 Å². The Kier molecular flexibility index (Phi) is 3.32. The summed E-state index contributed by atoms with van der Waals surface area (Å²) >= 11 is 2.02. The first-order valence-electron chi connectivity index (χ1n) is 6.41. The van der Waals surface area contributed by atoms with Crippen LogP contribution in [0.2, 0.25) is 0 Å². The lowest BCUT2D eigenvalue weighted by atomic mass is 10.3. The molecule has 2 aromatic rings. The number of aromatic nitrogens is 4. The SMILES string of the molecule is CC1CN(Cc2nc(N)c3cnn(C)c3n2)CCS1. The van der Waals surface area contributed by atoms with Crippen molar-refractivity contribution in [3.05, 3.63) is 12.0 Å². The van der Waals surface area contributed by atoms with Crippen molar-refractivity contribution in [3.8, 4) is 0 Å². The van der Waals surface area contributed by atoms with Gasteiger partial charge in [0.2, 0.25) is 0 Å². The quantitative estimate of drug-likeness (QED) is 0.879. The van der Waals surface area contributed by atoms with E-state index in [2.05, 4.69) is 26.9 Å². The molecular formula is C12H18N6S. The molecular weight excluding hydrogens is 260 g/mol. The van der Waals surface area contributed by atoms with Crippen LogP contribution in [0.25, 0.3) is 11.0 Å². The highest BCUT2D eigenvalue weighted by molar-refractivity contribution is 7.99. The second-order valence-corrected chi connectivity index (χ2v) is 6.49. The standard InChI is InChI=1S/C12H18N6S/c1-8-6-18(3-4-19-8)7-10-15-11(13)9-5-14-17(2)12(9)16-10/h5,8H,3-4,6-7H2,1-2H3,(H2,13,15,16). The van der Waals surface area contributed by atoms with Crippen molar-refractivity contribution in [2.75, 3.05) is 24.6 Å². The van der Waals surface area contributed by atoms with Gasteiger partial charge >= 0.3 is 0 Å². The van der Waals surface area contributed by atoms with Gasteiger partial charge in [-0.25, -0.2) is 9.97 Å². The van der Waals surface area contributed by atoms with Gasteiger partial charge in [0, 0.05) is 31.1 Å². The summed E-state index contributed by atoms with van der Waals surface area (Å²) in [6.07, 6.45) is 1.72. The van der Waals surface area contributed by atoms with E-state index >= 15 is 0 Å². The first-order chi connectivity index (χ1) is 9.13. The second kappa shape index (κ2) is 4.97. The van der Waals surface area contributed by atoms with E-state index in [-0.39, 0.29) is 0 Å². The van der Waals surface area contributed by atoms with Crippen molar-refractivity contribution in [2.24, 2.45) is 7.05 Å². The lowest BCUT2D eigenvalue weighted by molar-refractivity contribution is 0.272. The summed E-state index contributed by atoms with van der Waals surface area (Å²) in [6.45, 7) is 5.19. The van der Waals surface area contributed by atoms with Gasteiger partial charge in [0.25, 0.3) is 0 Å². The van der Waals surface area contributed by atoms with Gasteiger partial charge < -0.3 is 5.73 Å². The van der Waals surface area contributed by atoms with Gasteiger partial charge in [-0.2, -0.15) is 16.9 Å². The number of hydrogen-bond acceptors (Lipinski definition) is 6. The zero-order valence-electron chi connectivity index (χ0n) is 11.2. The maximum atomic E-state index is 5.98. The molecule has 0 amide bonds. The van der Waals surface area contributed by atoms with Crippen molar-refractivity contribution in [2.45, 2.75) is 18.7 Å². The van der Waals surface area contributed by atoms with E-state index in [0.29, 0.717) is 11.1 Å². The van der Waals surface area contributed by atoms with Crippen LogP contribution in [0.1, 0.15) is 12.7 Å². The third kappa shape index (κ3) is 2.52. The zero-order chi connectivity index (χ0) is 13.4. The summed E-state index contributed by atoms with van der Waals surface area (Å²) in [5.41, 5.74) is 6.78. The van der Waals surface area contributed by atoms with Crippen LogP contribution in [0, 0.1) is 0 Å². The van der Waals surface area contributed by atoms with E-state index in [4.69, 9.17) is 5.73 Å². The van der Waals surface area contributed by atoms with Crippen molar-refractivity contribution in [1.29, 1.82) is 0 Å². The summed E-state index contributed by atoms with van der Waals surface area (Å²) in [5, 5.41) is 5.67. The minimum Gasteiger partial charge on any atom is -0.383 e. The number of aryl methyl sites for hydroxylation is 1. The van der Waals surface area contributed by atoms with E-state index in [1.807, 2.05) is 18.8 Å². The topological polar surface area (TPSA) is 72.9 Å². The Morgan fingerprint density at radius 2 is 2.32 bits per heavy atom. The van der Waals surface area contributed by atoms with E-state index in [1.165, 1.54) is 5.75 Å². The summed E-state index contributed by atoms with van der Waals surface area (Å²) in [5.74, 6) is 2.48. The van der Waals surface area contributed by atoms with Crippen LogP contribution >= 0.6 is 11.8 Å². The molecule has 1 unspecified atom stereocenters. The maximum absolute atomic E-state index is 5.98. The fourth-order valence-electron chi connectivity index (χ4n) is 2.40. The van der Waals surface area contributed by atoms with Crippen LogP contribution in [-0.2, 0) is 13.6 Å². The lowest BCUT2D eigenvalue weighted by Gasteiger charge is -2.29. The van der Waals surface area contributed by atoms with E-state index < -0.39 is 0 Å². The number of nitrogens with two attached hydrogens (primary N) is 1. The van der Waals surface area contributed by atoms with Gasteiger partial charge in [-0.05, 0) is 0 Å². The van der Waals surface area contributed by atoms with Crippen molar-refractivity contribution >= 4 is 28.6 Å². The first kappa shape index (κ1) is 12.7. The predicted molar refractivity (Wildman–Crippen MR) is 77.9 cm³/mol. The molecule has 102 valence electrons. The molecule has 1 aliphatic heterocycles. The minimum atomic E-state index is 0.521. The Balaban J connectivity index is 1.86. The van der Waals surface area contributed by atoms with Gasteiger partial charge in [0.05, 0.1) is 18.1 Å². The molecule has 3 rings (SSSR count). The second-order valence-electron chi connectivity index (χ2n) is 4.95. The van der Waals surface area contributed by atoms with Crippen molar-refractivity contribution in [1.82, 2.24) is 24.6 Å². The number of fused-ring (bicyclic) bond motifs is 1. The number of hydrogen-bond donors (Lipinski definition) is 1. The fourth-order valence-corrected chi connectivity index (χ4v) is 3.48. The molecule has 3 heterocycles. The monoisotopic (exact) mass is 278 g/mol. The molecule has 0 saturated carbocycles. The smallest absolute Gasteiger partial charge is 0.163 e. The summed E-state index contributed by atoms with van der Waals surface area (Å²) < 4.78 is 1.74. The molecule has 19 heavy (non-hydrogen) atoms. The molecule has 1 atom stereocenters. The molecule has 2 aromatic heterocycles. The van der Waals surface area contributed by atoms with Crippen LogP contribution in [0.4, 0.5) is 5.82 Å². The maximum Gasteiger partial charge on any atom is 0.163 e. The lowest BCUT2D eigenvalue weighted by Crippen LogP contribution is -2.36. The van der Waals surface area contributed by atoms with Crippen LogP contribution in [0.5, 0.6) is 0 Å². The highest BCUT2D eigenvalue weighted by Gasteiger charge is 2.18. The number of anilines is 1. The number of nitrogens with zero attached hydrogens (tertiary/aromatic N) is 5. The Morgan fingerprint density at radius 3 is 3.11 bits per heavy atom. The normalized spacial score (nSPS) is 21.1. The Hall–Kier alpha value is -1.34. The summed E-state index contributed by atoms with van der Waals surface area (Å²) in [7, 11) is 1.87. The average Bonchev–Trinajstić information content (AvgIpc) is 2.72. The van der Waals surface area contributed by atoms with Gasteiger partial charge in [0.15, 0.2) is 5.65 Å². The number of thioether (sulfide) groups is 1. The molecule has 0 aliphatic carbocycles. The highest BCUT2D eigenvalue weighted by Crippen LogP contribution is 2.20. The molecule has 0 spiro atoms. The molecule has 0 bridgehead atoms. The largest absolute Gasteiger partial charge is 0.383 e.